The second kappa shape index (κ2) is 7.27. The van der Waals surface area contributed by atoms with Crippen LogP contribution in [0.15, 0.2) is 54.6 Å². The van der Waals surface area contributed by atoms with E-state index in [9.17, 15) is 4.39 Å². The van der Waals surface area contributed by atoms with Crippen molar-refractivity contribution in [2.24, 2.45) is 0 Å². The molecule has 0 aliphatic carbocycles. The molecule has 0 unspecified atom stereocenters. The standard InChI is InChI=1S/C16H17ClFN/c17-10-11-19(12-14-4-2-1-3-5-14)13-15-6-8-16(18)9-7-15/h1-9H,10-13H2. The van der Waals surface area contributed by atoms with E-state index in [0.717, 1.165) is 25.2 Å². The van der Waals surface area contributed by atoms with Gasteiger partial charge in [-0.05, 0) is 23.3 Å². The molecule has 0 aliphatic rings. The van der Waals surface area contributed by atoms with Gasteiger partial charge < -0.3 is 0 Å². The van der Waals surface area contributed by atoms with Crippen molar-refractivity contribution in [3.05, 3.63) is 71.5 Å². The van der Waals surface area contributed by atoms with Crippen molar-refractivity contribution >= 4 is 11.6 Å². The zero-order valence-electron chi connectivity index (χ0n) is 10.7. The van der Waals surface area contributed by atoms with Crippen molar-refractivity contribution in [3.8, 4) is 0 Å². The molecular formula is C16H17ClFN. The van der Waals surface area contributed by atoms with E-state index in [1.54, 1.807) is 0 Å². The van der Waals surface area contributed by atoms with Crippen LogP contribution in [0, 0.1) is 5.82 Å². The summed E-state index contributed by atoms with van der Waals surface area (Å²) in [4.78, 5) is 2.26. The minimum Gasteiger partial charge on any atom is -0.294 e. The number of nitrogens with zero attached hydrogens (tertiary/aromatic N) is 1. The van der Waals surface area contributed by atoms with E-state index in [1.165, 1.54) is 17.7 Å². The number of benzene rings is 2. The Kier molecular flexibility index (Phi) is 5.37. The van der Waals surface area contributed by atoms with Crippen molar-refractivity contribution in [1.29, 1.82) is 0 Å². The molecule has 0 atom stereocenters. The smallest absolute Gasteiger partial charge is 0.123 e. The Bertz CT molecular complexity index is 484. The molecular weight excluding hydrogens is 261 g/mol. The second-order valence-electron chi connectivity index (χ2n) is 4.51. The lowest BCUT2D eigenvalue weighted by Gasteiger charge is -2.21. The van der Waals surface area contributed by atoms with Crippen molar-refractivity contribution < 1.29 is 4.39 Å². The topological polar surface area (TPSA) is 3.24 Å². The van der Waals surface area contributed by atoms with Crippen LogP contribution in [0.3, 0.4) is 0 Å². The van der Waals surface area contributed by atoms with Gasteiger partial charge >= 0.3 is 0 Å². The maximum atomic E-state index is 12.9. The number of alkyl halides is 1. The summed E-state index contributed by atoms with van der Waals surface area (Å²) in [7, 11) is 0. The van der Waals surface area contributed by atoms with Crippen LogP contribution in [-0.2, 0) is 13.1 Å². The summed E-state index contributed by atoms with van der Waals surface area (Å²) in [5, 5.41) is 0. The molecule has 19 heavy (non-hydrogen) atoms. The summed E-state index contributed by atoms with van der Waals surface area (Å²) in [5.41, 5.74) is 2.36. The van der Waals surface area contributed by atoms with Crippen LogP contribution in [0.5, 0.6) is 0 Å². The van der Waals surface area contributed by atoms with Gasteiger partial charge in [0.2, 0.25) is 0 Å². The Balaban J connectivity index is 2.01. The summed E-state index contributed by atoms with van der Waals surface area (Å²) in [6.45, 7) is 2.45. The molecule has 0 heterocycles. The third-order valence-corrected chi connectivity index (χ3v) is 3.14. The van der Waals surface area contributed by atoms with Gasteiger partial charge in [0, 0.05) is 25.5 Å². The lowest BCUT2D eigenvalue weighted by Crippen LogP contribution is -2.24. The molecule has 100 valence electrons. The van der Waals surface area contributed by atoms with Crippen LogP contribution < -0.4 is 0 Å². The highest BCUT2D eigenvalue weighted by atomic mass is 35.5. The molecule has 0 amide bonds. The monoisotopic (exact) mass is 277 g/mol. The van der Waals surface area contributed by atoms with E-state index in [1.807, 2.05) is 30.3 Å². The predicted octanol–water partition coefficient (Wildman–Crippen LogP) is 4.07. The minimum absolute atomic E-state index is 0.198. The van der Waals surface area contributed by atoms with Crippen LogP contribution in [-0.4, -0.2) is 17.3 Å². The number of halogens is 2. The van der Waals surface area contributed by atoms with Gasteiger partial charge in [0.25, 0.3) is 0 Å². The molecule has 0 saturated heterocycles. The summed E-state index contributed by atoms with van der Waals surface area (Å²) >= 11 is 5.85. The Morgan fingerprint density at radius 2 is 1.42 bits per heavy atom. The molecule has 3 heteroatoms. The van der Waals surface area contributed by atoms with Gasteiger partial charge in [-0.2, -0.15) is 0 Å². The van der Waals surface area contributed by atoms with E-state index in [0.29, 0.717) is 5.88 Å². The first-order chi connectivity index (χ1) is 9.28. The normalized spacial score (nSPS) is 10.9. The average Bonchev–Trinajstić information content (AvgIpc) is 2.43. The van der Waals surface area contributed by atoms with Gasteiger partial charge in [-0.25, -0.2) is 4.39 Å². The highest BCUT2D eigenvalue weighted by Crippen LogP contribution is 2.11. The van der Waals surface area contributed by atoms with Gasteiger partial charge in [0.15, 0.2) is 0 Å². The van der Waals surface area contributed by atoms with Crippen molar-refractivity contribution in [2.75, 3.05) is 12.4 Å². The molecule has 0 spiro atoms. The zero-order chi connectivity index (χ0) is 13.5. The van der Waals surface area contributed by atoms with E-state index in [-0.39, 0.29) is 5.82 Å². The lowest BCUT2D eigenvalue weighted by molar-refractivity contribution is 0.273. The highest BCUT2D eigenvalue weighted by Gasteiger charge is 2.06. The SMILES string of the molecule is Fc1ccc(CN(CCCl)Cc2ccccc2)cc1. The van der Waals surface area contributed by atoms with Crippen LogP contribution >= 0.6 is 11.6 Å². The molecule has 0 aliphatic heterocycles. The van der Waals surface area contributed by atoms with E-state index in [4.69, 9.17) is 11.6 Å². The summed E-state index contributed by atoms with van der Waals surface area (Å²) < 4.78 is 12.9. The van der Waals surface area contributed by atoms with Crippen LogP contribution in [0.4, 0.5) is 4.39 Å². The first kappa shape index (κ1) is 14.0. The molecule has 0 fully saturated rings. The van der Waals surface area contributed by atoms with Gasteiger partial charge in [-0.1, -0.05) is 42.5 Å². The maximum Gasteiger partial charge on any atom is 0.123 e. The fourth-order valence-electron chi connectivity index (χ4n) is 2.02. The van der Waals surface area contributed by atoms with E-state index in [2.05, 4.69) is 17.0 Å². The minimum atomic E-state index is -0.198. The highest BCUT2D eigenvalue weighted by molar-refractivity contribution is 6.18. The third kappa shape index (κ3) is 4.66. The first-order valence-electron chi connectivity index (χ1n) is 6.34. The van der Waals surface area contributed by atoms with E-state index >= 15 is 0 Å². The second-order valence-corrected chi connectivity index (χ2v) is 4.89. The van der Waals surface area contributed by atoms with Gasteiger partial charge in [-0.3, -0.25) is 4.90 Å². The molecule has 0 N–H and O–H groups in total. The fourth-order valence-corrected chi connectivity index (χ4v) is 2.26. The third-order valence-electron chi connectivity index (χ3n) is 2.97. The fraction of sp³-hybridized carbons (Fsp3) is 0.250. The Morgan fingerprint density at radius 3 is 2.00 bits per heavy atom. The Hall–Kier alpha value is -1.38. The van der Waals surface area contributed by atoms with Crippen molar-refractivity contribution in [1.82, 2.24) is 4.90 Å². The summed E-state index contributed by atoms with van der Waals surface area (Å²) in [6.07, 6.45) is 0. The number of hydrogen-bond donors (Lipinski definition) is 0. The maximum absolute atomic E-state index is 12.9. The average molecular weight is 278 g/mol. The Labute approximate surface area is 118 Å². The van der Waals surface area contributed by atoms with Crippen LogP contribution in [0.25, 0.3) is 0 Å². The molecule has 2 aromatic rings. The first-order valence-corrected chi connectivity index (χ1v) is 6.88. The lowest BCUT2D eigenvalue weighted by atomic mass is 10.1. The molecule has 1 nitrogen and oxygen atoms in total. The van der Waals surface area contributed by atoms with Gasteiger partial charge in [-0.15, -0.1) is 11.6 Å². The molecule has 0 radical (unpaired) electrons. The quantitative estimate of drug-likeness (QED) is 0.720. The number of hydrogen-bond acceptors (Lipinski definition) is 1. The van der Waals surface area contributed by atoms with Crippen molar-refractivity contribution in [2.45, 2.75) is 13.1 Å². The predicted molar refractivity (Wildman–Crippen MR) is 77.7 cm³/mol. The van der Waals surface area contributed by atoms with Gasteiger partial charge in [0.05, 0.1) is 0 Å². The largest absolute Gasteiger partial charge is 0.294 e. The summed E-state index contributed by atoms with van der Waals surface area (Å²) in [5.74, 6) is 0.393. The van der Waals surface area contributed by atoms with Gasteiger partial charge in [0.1, 0.15) is 5.82 Å². The van der Waals surface area contributed by atoms with Crippen LogP contribution in [0.2, 0.25) is 0 Å². The molecule has 2 rings (SSSR count). The molecule has 0 bridgehead atoms. The van der Waals surface area contributed by atoms with Crippen LogP contribution in [0.1, 0.15) is 11.1 Å². The molecule has 2 aromatic carbocycles. The number of rotatable bonds is 6. The van der Waals surface area contributed by atoms with E-state index < -0.39 is 0 Å². The zero-order valence-corrected chi connectivity index (χ0v) is 11.5. The Morgan fingerprint density at radius 1 is 0.842 bits per heavy atom. The van der Waals surface area contributed by atoms with Crippen molar-refractivity contribution in [3.63, 3.8) is 0 Å². The summed E-state index contributed by atoms with van der Waals surface area (Å²) in [6, 6.07) is 16.9. The molecule has 0 aromatic heterocycles. The molecule has 0 saturated carbocycles.